The van der Waals surface area contributed by atoms with Crippen molar-refractivity contribution < 1.29 is 4.74 Å². The van der Waals surface area contributed by atoms with E-state index in [1.807, 2.05) is 0 Å². The van der Waals surface area contributed by atoms with Crippen LogP contribution in [-0.2, 0) is 4.74 Å². The van der Waals surface area contributed by atoms with Crippen molar-refractivity contribution in [1.29, 1.82) is 0 Å². The second kappa shape index (κ2) is 8.08. The van der Waals surface area contributed by atoms with Gasteiger partial charge in [-0.05, 0) is 52.1 Å². The van der Waals surface area contributed by atoms with Crippen molar-refractivity contribution in [2.45, 2.75) is 45.1 Å². The van der Waals surface area contributed by atoms with Gasteiger partial charge in [-0.25, -0.2) is 0 Å². The molecule has 0 spiro atoms. The molecule has 1 heterocycles. The summed E-state index contributed by atoms with van der Waals surface area (Å²) < 4.78 is 5.36. The highest BCUT2D eigenvalue weighted by atomic mass is 16.5. The smallest absolute Gasteiger partial charge is 0.0478 e. The third-order valence-corrected chi connectivity index (χ3v) is 3.18. The van der Waals surface area contributed by atoms with Crippen LogP contribution in [0, 0.1) is 0 Å². The Balaban J connectivity index is 2.09. The largest absolute Gasteiger partial charge is 0.382 e. The molecule has 0 aromatic carbocycles. The van der Waals surface area contributed by atoms with Crippen molar-refractivity contribution in [3.63, 3.8) is 0 Å². The van der Waals surface area contributed by atoms with Crippen molar-refractivity contribution in [2.24, 2.45) is 5.73 Å². The first-order chi connectivity index (χ1) is 7.38. The molecular formula is C12H26N2O. The first-order valence-electron chi connectivity index (χ1n) is 6.40. The molecule has 90 valence electrons. The molecule has 1 rings (SSSR count). The van der Waals surface area contributed by atoms with Gasteiger partial charge in [-0.15, -0.1) is 0 Å². The van der Waals surface area contributed by atoms with Gasteiger partial charge < -0.3 is 15.4 Å². The van der Waals surface area contributed by atoms with E-state index in [1.54, 1.807) is 0 Å². The normalized spacial score (nSPS) is 22.4. The van der Waals surface area contributed by atoms with Crippen LogP contribution in [0.3, 0.4) is 0 Å². The molecule has 2 N–H and O–H groups in total. The van der Waals surface area contributed by atoms with Crippen molar-refractivity contribution in [3.05, 3.63) is 0 Å². The summed E-state index contributed by atoms with van der Waals surface area (Å²) in [5, 5.41) is 0. The fraction of sp³-hybridized carbons (Fsp3) is 1.00. The predicted octanol–water partition coefficient (Wildman–Crippen LogP) is 1.62. The van der Waals surface area contributed by atoms with Crippen LogP contribution in [0.2, 0.25) is 0 Å². The summed E-state index contributed by atoms with van der Waals surface area (Å²) in [4.78, 5) is 2.62. The average molecular weight is 214 g/mol. The average Bonchev–Trinajstić information content (AvgIpc) is 2.69. The van der Waals surface area contributed by atoms with Crippen molar-refractivity contribution in [2.75, 3.05) is 32.8 Å². The van der Waals surface area contributed by atoms with Gasteiger partial charge in [0, 0.05) is 25.8 Å². The van der Waals surface area contributed by atoms with Gasteiger partial charge in [0.05, 0.1) is 0 Å². The predicted molar refractivity (Wildman–Crippen MR) is 64.0 cm³/mol. The highest BCUT2D eigenvalue weighted by Crippen LogP contribution is 2.20. The molecule has 0 aromatic rings. The lowest BCUT2D eigenvalue weighted by Crippen LogP contribution is -2.31. The minimum absolute atomic E-state index is 0.801. The molecular weight excluding hydrogens is 188 g/mol. The van der Waals surface area contributed by atoms with E-state index in [-0.39, 0.29) is 0 Å². The molecule has 3 nitrogen and oxygen atoms in total. The quantitative estimate of drug-likeness (QED) is 0.624. The summed E-state index contributed by atoms with van der Waals surface area (Å²) in [5.41, 5.74) is 5.55. The Labute approximate surface area is 94.0 Å². The lowest BCUT2D eigenvalue weighted by atomic mass is 10.1. The van der Waals surface area contributed by atoms with E-state index >= 15 is 0 Å². The lowest BCUT2D eigenvalue weighted by molar-refractivity contribution is 0.128. The molecule has 1 fully saturated rings. The van der Waals surface area contributed by atoms with E-state index in [9.17, 15) is 0 Å². The van der Waals surface area contributed by atoms with Gasteiger partial charge in [-0.1, -0.05) is 0 Å². The molecule has 0 radical (unpaired) electrons. The minimum atomic E-state index is 0.801. The summed E-state index contributed by atoms with van der Waals surface area (Å²) in [6.45, 7) is 7.13. The molecule has 15 heavy (non-hydrogen) atoms. The van der Waals surface area contributed by atoms with E-state index < -0.39 is 0 Å². The second-order valence-corrected chi connectivity index (χ2v) is 4.31. The Morgan fingerprint density at radius 1 is 1.40 bits per heavy atom. The molecule has 1 saturated heterocycles. The topological polar surface area (TPSA) is 38.5 Å². The van der Waals surface area contributed by atoms with Crippen LogP contribution in [0.5, 0.6) is 0 Å². The zero-order valence-corrected chi connectivity index (χ0v) is 10.1. The van der Waals surface area contributed by atoms with Gasteiger partial charge in [0.25, 0.3) is 0 Å². The molecule has 0 aromatic heterocycles. The highest BCUT2D eigenvalue weighted by molar-refractivity contribution is 4.78. The van der Waals surface area contributed by atoms with Crippen molar-refractivity contribution in [1.82, 2.24) is 4.90 Å². The zero-order chi connectivity index (χ0) is 10.9. The molecule has 3 heteroatoms. The standard InChI is InChI=1S/C12H26N2O/c1-2-15-11-5-10-14-9-4-7-12(14)6-3-8-13/h12H,2-11,13H2,1H3. The number of likely N-dealkylation sites (tertiary alicyclic amines) is 1. The van der Waals surface area contributed by atoms with E-state index in [4.69, 9.17) is 10.5 Å². The van der Waals surface area contributed by atoms with Crippen LogP contribution in [0.25, 0.3) is 0 Å². The van der Waals surface area contributed by atoms with Crippen LogP contribution in [0.15, 0.2) is 0 Å². The maximum atomic E-state index is 5.55. The van der Waals surface area contributed by atoms with E-state index in [0.717, 1.165) is 25.8 Å². The first-order valence-corrected chi connectivity index (χ1v) is 6.40. The summed E-state index contributed by atoms with van der Waals surface area (Å²) in [6, 6.07) is 0.801. The van der Waals surface area contributed by atoms with Gasteiger partial charge >= 0.3 is 0 Å². The number of hydrogen-bond acceptors (Lipinski definition) is 3. The molecule has 1 aliphatic heterocycles. The first kappa shape index (κ1) is 12.9. The van der Waals surface area contributed by atoms with Crippen LogP contribution < -0.4 is 5.73 Å². The van der Waals surface area contributed by atoms with E-state index in [0.29, 0.717) is 0 Å². The number of rotatable bonds is 8. The molecule has 0 aliphatic carbocycles. The van der Waals surface area contributed by atoms with Gasteiger partial charge in [0.15, 0.2) is 0 Å². The fourth-order valence-corrected chi connectivity index (χ4v) is 2.38. The molecule has 1 aliphatic rings. The molecule has 0 bridgehead atoms. The van der Waals surface area contributed by atoms with Gasteiger partial charge in [0.2, 0.25) is 0 Å². The Kier molecular flexibility index (Phi) is 6.98. The maximum absolute atomic E-state index is 5.55. The lowest BCUT2D eigenvalue weighted by Gasteiger charge is -2.24. The van der Waals surface area contributed by atoms with Crippen LogP contribution in [-0.4, -0.2) is 43.8 Å². The van der Waals surface area contributed by atoms with Crippen LogP contribution in [0.1, 0.15) is 39.0 Å². The minimum Gasteiger partial charge on any atom is -0.382 e. The second-order valence-electron chi connectivity index (χ2n) is 4.31. The van der Waals surface area contributed by atoms with Crippen LogP contribution >= 0.6 is 0 Å². The molecule has 1 unspecified atom stereocenters. The van der Waals surface area contributed by atoms with Crippen molar-refractivity contribution >= 4 is 0 Å². The third kappa shape index (κ3) is 4.96. The molecule has 1 atom stereocenters. The summed E-state index contributed by atoms with van der Waals surface area (Å²) >= 11 is 0. The van der Waals surface area contributed by atoms with Crippen LogP contribution in [0.4, 0.5) is 0 Å². The zero-order valence-electron chi connectivity index (χ0n) is 10.1. The van der Waals surface area contributed by atoms with E-state index in [1.165, 1.54) is 45.2 Å². The molecule has 0 amide bonds. The summed E-state index contributed by atoms with van der Waals surface area (Å²) in [5.74, 6) is 0. The van der Waals surface area contributed by atoms with Gasteiger partial charge in [-0.2, -0.15) is 0 Å². The monoisotopic (exact) mass is 214 g/mol. The number of ether oxygens (including phenoxy) is 1. The Bertz CT molecular complexity index is 153. The van der Waals surface area contributed by atoms with Gasteiger partial charge in [0.1, 0.15) is 0 Å². The Morgan fingerprint density at radius 2 is 2.27 bits per heavy atom. The fourth-order valence-electron chi connectivity index (χ4n) is 2.38. The maximum Gasteiger partial charge on any atom is 0.0478 e. The Morgan fingerprint density at radius 3 is 3.00 bits per heavy atom. The molecule has 0 saturated carbocycles. The summed E-state index contributed by atoms with van der Waals surface area (Å²) in [7, 11) is 0. The van der Waals surface area contributed by atoms with Crippen molar-refractivity contribution in [3.8, 4) is 0 Å². The van der Waals surface area contributed by atoms with E-state index in [2.05, 4.69) is 11.8 Å². The third-order valence-electron chi connectivity index (χ3n) is 3.18. The highest BCUT2D eigenvalue weighted by Gasteiger charge is 2.22. The number of nitrogens with zero attached hydrogens (tertiary/aromatic N) is 1. The Hall–Kier alpha value is -0.120. The van der Waals surface area contributed by atoms with Gasteiger partial charge in [-0.3, -0.25) is 0 Å². The number of nitrogens with two attached hydrogens (primary N) is 1. The SMILES string of the molecule is CCOCCCN1CCCC1CCCN. The number of hydrogen-bond donors (Lipinski definition) is 1. The summed E-state index contributed by atoms with van der Waals surface area (Å²) in [6.07, 6.45) is 6.36.